The molecule has 0 aromatic heterocycles. The monoisotopic (exact) mass is 354 g/mol. The van der Waals surface area contributed by atoms with Crippen LogP contribution in [-0.4, -0.2) is 43.0 Å². The fraction of sp³-hybridized carbons (Fsp3) is 0.467. The molecule has 21 heavy (non-hydrogen) atoms. The number of hydrogen-bond acceptors (Lipinski definition) is 3. The highest BCUT2D eigenvalue weighted by Gasteiger charge is 2.36. The minimum atomic E-state index is -0.305. The highest BCUT2D eigenvalue weighted by molar-refractivity contribution is 9.10. The topological polar surface area (TPSA) is 58.6 Å². The molecule has 5 nitrogen and oxygen atoms in total. The summed E-state index contributed by atoms with van der Waals surface area (Å²) in [7, 11) is 1.61. The summed E-state index contributed by atoms with van der Waals surface area (Å²) < 4.78 is 6.02. The Kier molecular flexibility index (Phi) is 5.36. The predicted octanol–water partition coefficient (Wildman–Crippen LogP) is 2.27. The van der Waals surface area contributed by atoms with Gasteiger partial charge in [-0.1, -0.05) is 15.9 Å². The van der Waals surface area contributed by atoms with Gasteiger partial charge in [0.1, 0.15) is 0 Å². The first kappa shape index (κ1) is 16.0. The minimum absolute atomic E-state index is 0.00650. The van der Waals surface area contributed by atoms with E-state index in [1.165, 1.54) is 0 Å². The Balaban J connectivity index is 1.95. The lowest BCUT2D eigenvalue weighted by Gasteiger charge is -2.23. The summed E-state index contributed by atoms with van der Waals surface area (Å²) in [6.45, 7) is 2.86. The van der Waals surface area contributed by atoms with E-state index in [9.17, 15) is 9.59 Å². The quantitative estimate of drug-likeness (QED) is 0.882. The van der Waals surface area contributed by atoms with Gasteiger partial charge in [-0.2, -0.15) is 0 Å². The Morgan fingerprint density at radius 2 is 2.14 bits per heavy atom. The highest BCUT2D eigenvalue weighted by Crippen LogP contribution is 2.22. The number of ether oxygens (including phenoxy) is 1. The zero-order chi connectivity index (χ0) is 15.4. The third kappa shape index (κ3) is 4.04. The van der Waals surface area contributed by atoms with E-state index in [-0.39, 0.29) is 30.2 Å². The molecule has 1 N–H and O–H groups in total. The predicted molar refractivity (Wildman–Crippen MR) is 83.9 cm³/mol. The number of carbonyl (C=O) groups is 2. The Labute approximate surface area is 132 Å². The molecule has 0 unspecified atom stereocenters. The maximum absolute atomic E-state index is 12.2. The van der Waals surface area contributed by atoms with E-state index in [2.05, 4.69) is 21.2 Å². The molecule has 1 aliphatic rings. The van der Waals surface area contributed by atoms with Crippen LogP contribution >= 0.6 is 15.9 Å². The van der Waals surface area contributed by atoms with Gasteiger partial charge < -0.3 is 15.0 Å². The molecule has 1 aromatic rings. The smallest absolute Gasteiger partial charge is 0.229 e. The number of benzene rings is 1. The third-order valence-electron chi connectivity index (χ3n) is 3.58. The van der Waals surface area contributed by atoms with Crippen LogP contribution in [0, 0.1) is 5.92 Å². The minimum Gasteiger partial charge on any atom is -0.383 e. The summed E-state index contributed by atoms with van der Waals surface area (Å²) in [5, 5.41) is 2.85. The second-order valence-corrected chi connectivity index (χ2v) is 6.16. The molecule has 2 rings (SSSR count). The Morgan fingerprint density at radius 1 is 1.48 bits per heavy atom. The number of carbonyl (C=O) groups excluding carboxylic acids is 2. The largest absolute Gasteiger partial charge is 0.383 e. The van der Waals surface area contributed by atoms with Crippen molar-refractivity contribution in [1.29, 1.82) is 0 Å². The maximum atomic E-state index is 12.2. The molecule has 0 radical (unpaired) electrons. The van der Waals surface area contributed by atoms with Gasteiger partial charge in [0.15, 0.2) is 0 Å². The molecule has 1 heterocycles. The van der Waals surface area contributed by atoms with E-state index < -0.39 is 0 Å². The third-order valence-corrected chi connectivity index (χ3v) is 4.11. The second-order valence-electron chi connectivity index (χ2n) is 5.25. The Hall–Kier alpha value is -1.40. The van der Waals surface area contributed by atoms with E-state index in [1.54, 1.807) is 12.0 Å². The fourth-order valence-electron chi connectivity index (χ4n) is 2.44. The summed E-state index contributed by atoms with van der Waals surface area (Å²) in [6, 6.07) is 7.37. The van der Waals surface area contributed by atoms with Crippen molar-refractivity contribution in [2.45, 2.75) is 19.4 Å². The number of nitrogens with one attached hydrogen (secondary N) is 1. The van der Waals surface area contributed by atoms with Crippen LogP contribution in [0.4, 0.5) is 5.69 Å². The van der Waals surface area contributed by atoms with Crippen LogP contribution in [-0.2, 0) is 14.3 Å². The molecule has 1 aromatic carbocycles. The summed E-state index contributed by atoms with van der Waals surface area (Å²) in [5.74, 6) is -0.409. The van der Waals surface area contributed by atoms with Gasteiger partial charge in [-0.25, -0.2) is 0 Å². The van der Waals surface area contributed by atoms with E-state index in [1.807, 2.05) is 31.2 Å². The standard InChI is InChI=1S/C15H19BrN2O3/c1-10(9-21-2)18-8-11(7-14(18)19)15(20)17-13-5-3-12(16)4-6-13/h3-6,10-11H,7-9H2,1-2H3,(H,17,20)/t10-,11+/m1/s1. The summed E-state index contributed by atoms with van der Waals surface area (Å²) >= 11 is 3.35. The van der Waals surface area contributed by atoms with Crippen molar-refractivity contribution in [3.05, 3.63) is 28.7 Å². The molecule has 1 fully saturated rings. The summed E-state index contributed by atoms with van der Waals surface area (Å²) in [4.78, 5) is 25.9. The first-order chi connectivity index (χ1) is 10.0. The maximum Gasteiger partial charge on any atom is 0.229 e. The lowest BCUT2D eigenvalue weighted by molar-refractivity contribution is -0.130. The van der Waals surface area contributed by atoms with Crippen molar-refractivity contribution in [2.75, 3.05) is 25.6 Å². The molecular weight excluding hydrogens is 336 g/mol. The molecule has 2 amide bonds. The zero-order valence-corrected chi connectivity index (χ0v) is 13.7. The molecule has 6 heteroatoms. The van der Waals surface area contributed by atoms with Gasteiger partial charge in [0.25, 0.3) is 0 Å². The SMILES string of the molecule is COC[C@@H](C)N1C[C@@H](C(=O)Nc2ccc(Br)cc2)CC1=O. The van der Waals surface area contributed by atoms with Gasteiger partial charge in [0, 0.05) is 30.2 Å². The lowest BCUT2D eigenvalue weighted by Crippen LogP contribution is -2.38. The molecule has 0 spiro atoms. The van der Waals surface area contributed by atoms with Crippen LogP contribution in [0.15, 0.2) is 28.7 Å². The second kappa shape index (κ2) is 7.04. The number of amides is 2. The van der Waals surface area contributed by atoms with Crippen LogP contribution < -0.4 is 5.32 Å². The number of methoxy groups -OCH3 is 1. The van der Waals surface area contributed by atoms with Gasteiger partial charge in [0.2, 0.25) is 11.8 Å². The van der Waals surface area contributed by atoms with E-state index in [4.69, 9.17) is 4.74 Å². The molecule has 2 atom stereocenters. The number of nitrogens with zero attached hydrogens (tertiary/aromatic N) is 1. The zero-order valence-electron chi connectivity index (χ0n) is 12.1. The van der Waals surface area contributed by atoms with Gasteiger partial charge >= 0.3 is 0 Å². The van der Waals surface area contributed by atoms with Gasteiger partial charge in [-0.15, -0.1) is 0 Å². The lowest BCUT2D eigenvalue weighted by atomic mass is 10.1. The number of rotatable bonds is 5. The van der Waals surface area contributed by atoms with Crippen LogP contribution in [0.3, 0.4) is 0 Å². The molecule has 114 valence electrons. The van der Waals surface area contributed by atoms with Gasteiger partial charge in [-0.3, -0.25) is 9.59 Å². The number of halogens is 1. The van der Waals surface area contributed by atoms with Crippen molar-refractivity contribution < 1.29 is 14.3 Å². The average Bonchev–Trinajstić information content (AvgIpc) is 2.84. The van der Waals surface area contributed by atoms with E-state index in [0.29, 0.717) is 13.2 Å². The van der Waals surface area contributed by atoms with Gasteiger partial charge in [-0.05, 0) is 31.2 Å². The first-order valence-electron chi connectivity index (χ1n) is 6.86. The molecule has 1 saturated heterocycles. The van der Waals surface area contributed by atoms with Crippen LogP contribution in [0.1, 0.15) is 13.3 Å². The van der Waals surface area contributed by atoms with Crippen molar-refractivity contribution in [3.8, 4) is 0 Å². The van der Waals surface area contributed by atoms with Crippen molar-refractivity contribution in [3.63, 3.8) is 0 Å². The van der Waals surface area contributed by atoms with Crippen LogP contribution in [0.2, 0.25) is 0 Å². The molecule has 1 aliphatic heterocycles. The first-order valence-corrected chi connectivity index (χ1v) is 7.65. The summed E-state index contributed by atoms with van der Waals surface area (Å²) in [5.41, 5.74) is 0.735. The molecule has 0 aliphatic carbocycles. The number of anilines is 1. The van der Waals surface area contributed by atoms with Crippen LogP contribution in [0.25, 0.3) is 0 Å². The van der Waals surface area contributed by atoms with Crippen molar-refractivity contribution in [2.24, 2.45) is 5.92 Å². The van der Waals surface area contributed by atoms with Crippen molar-refractivity contribution >= 4 is 33.4 Å². The molecule has 0 bridgehead atoms. The molecular formula is C15H19BrN2O3. The number of hydrogen-bond donors (Lipinski definition) is 1. The van der Waals surface area contributed by atoms with E-state index >= 15 is 0 Å². The Bertz CT molecular complexity index is 518. The normalized spacial score (nSPS) is 19.7. The van der Waals surface area contributed by atoms with Crippen LogP contribution in [0.5, 0.6) is 0 Å². The Morgan fingerprint density at radius 3 is 2.76 bits per heavy atom. The average molecular weight is 355 g/mol. The van der Waals surface area contributed by atoms with Gasteiger partial charge in [0.05, 0.1) is 18.6 Å². The van der Waals surface area contributed by atoms with E-state index in [0.717, 1.165) is 10.2 Å². The van der Waals surface area contributed by atoms with Crippen molar-refractivity contribution in [1.82, 2.24) is 4.90 Å². The number of likely N-dealkylation sites (tertiary alicyclic amines) is 1. The summed E-state index contributed by atoms with van der Waals surface area (Å²) in [6.07, 6.45) is 0.260. The fourth-order valence-corrected chi connectivity index (χ4v) is 2.71. The molecule has 0 saturated carbocycles. The highest BCUT2D eigenvalue weighted by atomic mass is 79.9.